The van der Waals surface area contributed by atoms with Crippen molar-refractivity contribution in [2.75, 3.05) is 13.2 Å². The maximum absolute atomic E-state index is 10.6. The Kier molecular flexibility index (Phi) is 2.74. The van der Waals surface area contributed by atoms with E-state index in [9.17, 15) is 10.4 Å². The average Bonchev–Trinajstić information content (AvgIpc) is 2.73. The lowest BCUT2D eigenvalue weighted by molar-refractivity contribution is -0.0908. The fraction of sp³-hybridized carbons (Fsp3) is 0.917. The highest BCUT2D eigenvalue weighted by molar-refractivity contribution is 5.14. The molecule has 1 atom stereocenters. The summed E-state index contributed by atoms with van der Waals surface area (Å²) in [6.45, 7) is 3.24. The Morgan fingerprint density at radius 3 is 2.47 bits per heavy atom. The van der Waals surface area contributed by atoms with Crippen LogP contribution in [0.15, 0.2) is 0 Å². The van der Waals surface area contributed by atoms with E-state index in [1.165, 1.54) is 0 Å². The molecule has 2 aliphatic rings. The number of aliphatic hydroxyl groups is 1. The summed E-state index contributed by atoms with van der Waals surface area (Å²) in [5.74, 6) is 0.684. The first-order valence-corrected chi connectivity index (χ1v) is 5.83. The molecule has 84 valence electrons. The standard InChI is InChI=1S/C12H19NO2/c1-10-2-4-12(14,5-3-10)11(8-13)6-7-15-9-11/h10,14H,2-7,9H2,1H3. The second-order valence-corrected chi connectivity index (χ2v) is 5.21. The highest BCUT2D eigenvalue weighted by atomic mass is 16.5. The largest absolute Gasteiger partial charge is 0.388 e. The molecule has 2 fully saturated rings. The topological polar surface area (TPSA) is 53.2 Å². The minimum Gasteiger partial charge on any atom is -0.388 e. The zero-order valence-corrected chi connectivity index (χ0v) is 9.33. The maximum Gasteiger partial charge on any atom is 0.111 e. The van der Waals surface area contributed by atoms with Gasteiger partial charge in [0, 0.05) is 6.61 Å². The van der Waals surface area contributed by atoms with Crippen molar-refractivity contribution in [2.45, 2.75) is 44.6 Å². The van der Waals surface area contributed by atoms with Gasteiger partial charge in [0.15, 0.2) is 0 Å². The zero-order valence-electron chi connectivity index (χ0n) is 9.33. The molecule has 0 spiro atoms. The Bertz CT molecular complexity index is 268. The van der Waals surface area contributed by atoms with Crippen LogP contribution < -0.4 is 0 Å². The summed E-state index contributed by atoms with van der Waals surface area (Å²) in [4.78, 5) is 0. The molecule has 0 aromatic carbocycles. The summed E-state index contributed by atoms with van der Waals surface area (Å²) in [5, 5.41) is 19.9. The van der Waals surface area contributed by atoms with E-state index in [4.69, 9.17) is 4.74 Å². The molecular formula is C12H19NO2. The van der Waals surface area contributed by atoms with Crippen molar-refractivity contribution in [3.05, 3.63) is 0 Å². The molecule has 0 bridgehead atoms. The molecule has 0 aromatic rings. The number of hydrogen-bond acceptors (Lipinski definition) is 3. The van der Waals surface area contributed by atoms with Gasteiger partial charge in [-0.05, 0) is 38.0 Å². The van der Waals surface area contributed by atoms with E-state index < -0.39 is 11.0 Å². The fourth-order valence-electron chi connectivity index (χ4n) is 2.84. The minimum atomic E-state index is -0.801. The lowest BCUT2D eigenvalue weighted by Crippen LogP contribution is -2.50. The number of hydrogen-bond donors (Lipinski definition) is 1. The normalized spacial score (nSPS) is 46.3. The van der Waals surface area contributed by atoms with Gasteiger partial charge in [-0.3, -0.25) is 0 Å². The molecule has 1 saturated heterocycles. The quantitative estimate of drug-likeness (QED) is 0.717. The monoisotopic (exact) mass is 209 g/mol. The highest BCUT2D eigenvalue weighted by Gasteiger charge is 2.53. The second-order valence-electron chi connectivity index (χ2n) is 5.21. The van der Waals surface area contributed by atoms with Gasteiger partial charge < -0.3 is 9.84 Å². The van der Waals surface area contributed by atoms with Crippen LogP contribution in [0.1, 0.15) is 39.0 Å². The third-order valence-electron chi connectivity index (χ3n) is 4.23. The molecular weight excluding hydrogens is 190 g/mol. The van der Waals surface area contributed by atoms with Gasteiger partial charge >= 0.3 is 0 Å². The Hall–Kier alpha value is -0.590. The summed E-state index contributed by atoms with van der Waals surface area (Å²) in [6, 6.07) is 2.33. The first-order chi connectivity index (χ1) is 7.12. The van der Waals surface area contributed by atoms with Crippen LogP contribution in [0, 0.1) is 22.7 Å². The Morgan fingerprint density at radius 2 is 2.00 bits per heavy atom. The predicted octanol–water partition coefficient (Wildman–Crippen LogP) is 1.86. The molecule has 3 heteroatoms. The second kappa shape index (κ2) is 3.77. The lowest BCUT2D eigenvalue weighted by Gasteiger charge is -2.43. The molecule has 3 nitrogen and oxygen atoms in total. The molecule has 1 unspecified atom stereocenters. The smallest absolute Gasteiger partial charge is 0.111 e. The minimum absolute atomic E-state index is 0.411. The number of rotatable bonds is 1. The van der Waals surface area contributed by atoms with E-state index >= 15 is 0 Å². The molecule has 0 radical (unpaired) electrons. The van der Waals surface area contributed by atoms with Crippen molar-refractivity contribution in [3.8, 4) is 6.07 Å². The van der Waals surface area contributed by atoms with Crippen molar-refractivity contribution in [3.63, 3.8) is 0 Å². The number of nitrogens with zero attached hydrogens (tertiary/aromatic N) is 1. The molecule has 0 amide bonds. The van der Waals surface area contributed by atoms with Crippen LogP contribution in [0.3, 0.4) is 0 Å². The van der Waals surface area contributed by atoms with E-state index in [-0.39, 0.29) is 0 Å². The maximum atomic E-state index is 10.6. The van der Waals surface area contributed by atoms with Crippen molar-refractivity contribution < 1.29 is 9.84 Å². The Morgan fingerprint density at radius 1 is 1.33 bits per heavy atom. The third kappa shape index (κ3) is 1.66. The molecule has 1 saturated carbocycles. The van der Waals surface area contributed by atoms with Gasteiger partial charge in [0.1, 0.15) is 5.41 Å². The molecule has 2 rings (SSSR count). The van der Waals surface area contributed by atoms with Crippen molar-refractivity contribution in [1.29, 1.82) is 5.26 Å². The van der Waals surface area contributed by atoms with Crippen LogP contribution in [-0.4, -0.2) is 23.9 Å². The number of nitriles is 1. The van der Waals surface area contributed by atoms with Crippen molar-refractivity contribution in [2.24, 2.45) is 11.3 Å². The van der Waals surface area contributed by atoms with Gasteiger partial charge in [-0.15, -0.1) is 0 Å². The molecule has 1 N–H and O–H groups in total. The van der Waals surface area contributed by atoms with Gasteiger partial charge in [0.2, 0.25) is 0 Å². The fourth-order valence-corrected chi connectivity index (χ4v) is 2.84. The molecule has 1 heterocycles. The Labute approximate surface area is 91.0 Å². The van der Waals surface area contributed by atoms with Gasteiger partial charge in [-0.2, -0.15) is 5.26 Å². The van der Waals surface area contributed by atoms with Crippen LogP contribution in [-0.2, 0) is 4.74 Å². The van der Waals surface area contributed by atoms with Gasteiger partial charge in [-0.1, -0.05) is 6.92 Å². The molecule has 0 aromatic heterocycles. The van der Waals surface area contributed by atoms with E-state index in [0.717, 1.165) is 25.7 Å². The van der Waals surface area contributed by atoms with Crippen LogP contribution in [0.5, 0.6) is 0 Å². The molecule has 15 heavy (non-hydrogen) atoms. The first kappa shape index (κ1) is 10.9. The summed E-state index contributed by atoms with van der Waals surface area (Å²) in [7, 11) is 0. The number of ether oxygens (including phenoxy) is 1. The summed E-state index contributed by atoms with van der Waals surface area (Å²) >= 11 is 0. The van der Waals surface area contributed by atoms with Crippen LogP contribution >= 0.6 is 0 Å². The lowest BCUT2D eigenvalue weighted by atomic mass is 9.64. The third-order valence-corrected chi connectivity index (χ3v) is 4.23. The van der Waals surface area contributed by atoms with Gasteiger partial charge in [0.05, 0.1) is 18.3 Å². The van der Waals surface area contributed by atoms with Crippen molar-refractivity contribution in [1.82, 2.24) is 0 Å². The van der Waals surface area contributed by atoms with Gasteiger partial charge in [0.25, 0.3) is 0 Å². The van der Waals surface area contributed by atoms with E-state index in [1.54, 1.807) is 0 Å². The average molecular weight is 209 g/mol. The summed E-state index contributed by atoms with van der Waals surface area (Å²) in [5.41, 5.74) is -1.43. The summed E-state index contributed by atoms with van der Waals surface area (Å²) < 4.78 is 5.31. The SMILES string of the molecule is CC1CCC(O)(C2(C#N)CCOC2)CC1. The predicted molar refractivity (Wildman–Crippen MR) is 56.1 cm³/mol. The summed E-state index contributed by atoms with van der Waals surface area (Å²) in [6.07, 6.45) is 4.25. The zero-order chi connectivity index (χ0) is 10.9. The van der Waals surface area contributed by atoms with E-state index in [2.05, 4.69) is 13.0 Å². The van der Waals surface area contributed by atoms with E-state index in [1.807, 2.05) is 0 Å². The molecule has 1 aliphatic carbocycles. The van der Waals surface area contributed by atoms with Crippen LogP contribution in [0.25, 0.3) is 0 Å². The van der Waals surface area contributed by atoms with Crippen LogP contribution in [0.2, 0.25) is 0 Å². The van der Waals surface area contributed by atoms with Crippen LogP contribution in [0.4, 0.5) is 0 Å². The first-order valence-electron chi connectivity index (χ1n) is 5.83. The Balaban J connectivity index is 2.17. The van der Waals surface area contributed by atoms with E-state index in [0.29, 0.717) is 25.6 Å². The molecule has 1 aliphatic heterocycles. The highest BCUT2D eigenvalue weighted by Crippen LogP contribution is 2.48. The van der Waals surface area contributed by atoms with Gasteiger partial charge in [-0.25, -0.2) is 0 Å². The van der Waals surface area contributed by atoms with Crippen molar-refractivity contribution >= 4 is 0 Å².